The van der Waals surface area contributed by atoms with Gasteiger partial charge in [-0.05, 0) is 17.7 Å². The first-order valence-corrected chi connectivity index (χ1v) is 7.92. The Hall–Kier alpha value is -0.520. The molecule has 0 aliphatic carbocycles. The topological polar surface area (TPSA) is 32.3 Å². The van der Waals surface area contributed by atoms with E-state index in [-0.39, 0.29) is 11.9 Å². The van der Waals surface area contributed by atoms with Crippen LogP contribution in [0.25, 0.3) is 0 Å². The van der Waals surface area contributed by atoms with Crippen molar-refractivity contribution in [1.29, 1.82) is 0 Å². The molecule has 1 amide bonds. The van der Waals surface area contributed by atoms with Crippen LogP contribution < -0.4 is 5.32 Å². The summed E-state index contributed by atoms with van der Waals surface area (Å²) in [6.45, 7) is 1.58. The smallest absolute Gasteiger partial charge is 0.240 e. The zero-order valence-electron chi connectivity index (χ0n) is 10.4. The molecule has 3 nitrogen and oxygen atoms in total. The van der Waals surface area contributed by atoms with Crippen LogP contribution in [0.15, 0.2) is 28.7 Å². The van der Waals surface area contributed by atoms with E-state index >= 15 is 0 Å². The van der Waals surface area contributed by atoms with Crippen LogP contribution in [0.2, 0.25) is 0 Å². The molecule has 98 valence electrons. The predicted octanol–water partition coefficient (Wildman–Crippen LogP) is 2.11. The van der Waals surface area contributed by atoms with E-state index in [1.54, 1.807) is 4.90 Å². The summed E-state index contributed by atoms with van der Waals surface area (Å²) in [7, 11) is 1.87. The number of hydrogen-bond acceptors (Lipinski definition) is 3. The molecule has 1 aromatic rings. The number of amides is 1. The van der Waals surface area contributed by atoms with E-state index in [4.69, 9.17) is 0 Å². The maximum Gasteiger partial charge on any atom is 0.240 e. The van der Waals surface area contributed by atoms with Gasteiger partial charge in [-0.25, -0.2) is 0 Å². The first kappa shape index (κ1) is 13.9. The van der Waals surface area contributed by atoms with Gasteiger partial charge in [0.05, 0.1) is 6.04 Å². The minimum atomic E-state index is -0.0269. The zero-order valence-corrected chi connectivity index (χ0v) is 12.8. The minimum Gasteiger partial charge on any atom is -0.340 e. The maximum absolute atomic E-state index is 12.2. The predicted molar refractivity (Wildman–Crippen MR) is 79.7 cm³/mol. The first-order chi connectivity index (χ1) is 8.66. The number of carbonyl (C=O) groups is 1. The molecule has 18 heavy (non-hydrogen) atoms. The zero-order chi connectivity index (χ0) is 13.0. The molecule has 5 heteroatoms. The number of likely N-dealkylation sites (N-methyl/N-ethyl adjacent to an activating group) is 1. The highest BCUT2D eigenvalue weighted by atomic mass is 79.9. The third kappa shape index (κ3) is 3.73. The van der Waals surface area contributed by atoms with Gasteiger partial charge < -0.3 is 10.2 Å². The summed E-state index contributed by atoms with van der Waals surface area (Å²) < 4.78 is 1.05. The summed E-state index contributed by atoms with van der Waals surface area (Å²) in [5, 5.41) is 3.28. The van der Waals surface area contributed by atoms with Crippen LogP contribution in [-0.4, -0.2) is 41.9 Å². The standard InChI is InChI=1S/C13H17BrN2OS/c1-16(8-10-3-2-4-11(14)7-10)13(17)12-9-18-6-5-15-12/h2-4,7,12,15H,5-6,8-9H2,1H3. The molecular formula is C13H17BrN2OS. The lowest BCUT2D eigenvalue weighted by Gasteiger charge is -2.27. The summed E-state index contributed by atoms with van der Waals surface area (Å²) in [6, 6.07) is 8.04. The molecule has 1 N–H and O–H groups in total. The summed E-state index contributed by atoms with van der Waals surface area (Å²) in [6.07, 6.45) is 0. The van der Waals surface area contributed by atoms with E-state index in [9.17, 15) is 4.79 Å². The van der Waals surface area contributed by atoms with Crippen molar-refractivity contribution in [3.8, 4) is 0 Å². The monoisotopic (exact) mass is 328 g/mol. The van der Waals surface area contributed by atoms with Gasteiger partial charge in [0.25, 0.3) is 0 Å². The van der Waals surface area contributed by atoms with Gasteiger partial charge >= 0.3 is 0 Å². The number of carbonyl (C=O) groups excluding carboxylic acids is 1. The van der Waals surface area contributed by atoms with Crippen LogP contribution in [0.3, 0.4) is 0 Å². The normalized spacial score (nSPS) is 19.6. The average molecular weight is 329 g/mol. The first-order valence-electron chi connectivity index (χ1n) is 5.97. The molecule has 1 saturated heterocycles. The fourth-order valence-corrected chi connectivity index (χ4v) is 3.35. The van der Waals surface area contributed by atoms with E-state index in [0.29, 0.717) is 6.54 Å². The lowest BCUT2D eigenvalue weighted by atomic mass is 10.2. The summed E-state index contributed by atoms with van der Waals surface area (Å²) in [5.74, 6) is 2.16. The van der Waals surface area contributed by atoms with Crippen molar-refractivity contribution in [3.05, 3.63) is 34.3 Å². The fourth-order valence-electron chi connectivity index (χ4n) is 1.98. The van der Waals surface area contributed by atoms with Gasteiger partial charge in [-0.15, -0.1) is 0 Å². The molecule has 0 spiro atoms. The van der Waals surface area contributed by atoms with Gasteiger partial charge in [0, 0.05) is 36.1 Å². The molecule has 1 unspecified atom stereocenters. The van der Waals surface area contributed by atoms with E-state index < -0.39 is 0 Å². The Balaban J connectivity index is 1.94. The molecule has 2 rings (SSSR count). The lowest BCUT2D eigenvalue weighted by molar-refractivity contribution is -0.132. The lowest BCUT2D eigenvalue weighted by Crippen LogP contribution is -2.49. The van der Waals surface area contributed by atoms with Crippen molar-refractivity contribution in [1.82, 2.24) is 10.2 Å². The Morgan fingerprint density at radius 1 is 1.61 bits per heavy atom. The molecular weight excluding hydrogens is 312 g/mol. The largest absolute Gasteiger partial charge is 0.340 e. The average Bonchev–Trinajstić information content (AvgIpc) is 2.39. The van der Waals surface area contributed by atoms with Crippen molar-refractivity contribution >= 4 is 33.6 Å². The second-order valence-corrected chi connectivity index (χ2v) is 6.47. The number of thioether (sulfide) groups is 1. The number of nitrogens with one attached hydrogen (secondary N) is 1. The third-order valence-corrected chi connectivity index (χ3v) is 4.46. The Labute approximate surface area is 120 Å². The van der Waals surface area contributed by atoms with Gasteiger partial charge in [-0.1, -0.05) is 28.1 Å². The van der Waals surface area contributed by atoms with Crippen molar-refractivity contribution in [2.75, 3.05) is 25.1 Å². The van der Waals surface area contributed by atoms with E-state index in [0.717, 1.165) is 28.1 Å². The Morgan fingerprint density at radius 3 is 3.11 bits per heavy atom. The number of benzene rings is 1. The molecule has 0 aromatic heterocycles. The highest BCUT2D eigenvalue weighted by Gasteiger charge is 2.23. The highest BCUT2D eigenvalue weighted by molar-refractivity contribution is 9.10. The summed E-state index contributed by atoms with van der Waals surface area (Å²) >= 11 is 5.29. The molecule has 1 aliphatic rings. The Bertz CT molecular complexity index is 421. The molecule has 0 radical (unpaired) electrons. The molecule has 1 heterocycles. The van der Waals surface area contributed by atoms with E-state index in [1.165, 1.54) is 0 Å². The van der Waals surface area contributed by atoms with Gasteiger partial charge in [0.15, 0.2) is 0 Å². The maximum atomic E-state index is 12.2. The summed E-state index contributed by atoms with van der Waals surface area (Å²) in [5.41, 5.74) is 1.14. The van der Waals surface area contributed by atoms with Crippen LogP contribution in [-0.2, 0) is 11.3 Å². The van der Waals surface area contributed by atoms with Crippen molar-refractivity contribution in [2.45, 2.75) is 12.6 Å². The highest BCUT2D eigenvalue weighted by Crippen LogP contribution is 2.14. The molecule has 0 saturated carbocycles. The van der Waals surface area contributed by atoms with Gasteiger partial charge in [0.2, 0.25) is 5.91 Å². The molecule has 1 atom stereocenters. The van der Waals surface area contributed by atoms with Crippen LogP contribution in [0.4, 0.5) is 0 Å². The molecule has 1 fully saturated rings. The molecule has 1 aromatic carbocycles. The second kappa shape index (κ2) is 6.59. The van der Waals surface area contributed by atoms with Crippen molar-refractivity contribution in [2.24, 2.45) is 0 Å². The van der Waals surface area contributed by atoms with Gasteiger partial charge in [0.1, 0.15) is 0 Å². The van der Waals surface area contributed by atoms with Crippen LogP contribution in [0.5, 0.6) is 0 Å². The van der Waals surface area contributed by atoms with Crippen LogP contribution >= 0.6 is 27.7 Å². The summed E-state index contributed by atoms with van der Waals surface area (Å²) in [4.78, 5) is 14.0. The SMILES string of the molecule is CN(Cc1cccc(Br)c1)C(=O)C1CSCCN1. The molecule has 0 bridgehead atoms. The number of hydrogen-bond donors (Lipinski definition) is 1. The number of rotatable bonds is 3. The third-order valence-electron chi connectivity index (χ3n) is 2.90. The number of halogens is 1. The fraction of sp³-hybridized carbons (Fsp3) is 0.462. The Kier molecular flexibility index (Phi) is 5.09. The quantitative estimate of drug-likeness (QED) is 0.922. The number of nitrogens with zero attached hydrogens (tertiary/aromatic N) is 1. The van der Waals surface area contributed by atoms with E-state index in [1.807, 2.05) is 43.1 Å². The van der Waals surface area contributed by atoms with Gasteiger partial charge in [-0.2, -0.15) is 11.8 Å². The Morgan fingerprint density at radius 2 is 2.44 bits per heavy atom. The van der Waals surface area contributed by atoms with Gasteiger partial charge in [-0.3, -0.25) is 4.79 Å². The van der Waals surface area contributed by atoms with Crippen LogP contribution in [0.1, 0.15) is 5.56 Å². The second-order valence-electron chi connectivity index (χ2n) is 4.41. The minimum absolute atomic E-state index is 0.0269. The van der Waals surface area contributed by atoms with Crippen molar-refractivity contribution in [3.63, 3.8) is 0 Å². The van der Waals surface area contributed by atoms with Crippen LogP contribution in [0, 0.1) is 0 Å². The van der Waals surface area contributed by atoms with E-state index in [2.05, 4.69) is 21.2 Å². The van der Waals surface area contributed by atoms with Crippen molar-refractivity contribution < 1.29 is 4.79 Å². The molecule has 1 aliphatic heterocycles.